The van der Waals surface area contributed by atoms with E-state index in [1.54, 1.807) is 0 Å². The molecule has 0 saturated heterocycles. The fourth-order valence-corrected chi connectivity index (χ4v) is 3.21. The number of aldehydes is 1. The van der Waals surface area contributed by atoms with Crippen molar-refractivity contribution in [1.82, 2.24) is 0 Å². The number of unbranched alkanes of at least 4 members (excludes halogenated alkanes) is 12. The lowest BCUT2D eigenvalue weighted by Gasteiger charge is -2.09. The highest BCUT2D eigenvalue weighted by Crippen LogP contribution is 2.15. The Morgan fingerprint density at radius 1 is 0.640 bits per heavy atom. The summed E-state index contributed by atoms with van der Waals surface area (Å²) in [6.45, 7) is 1.57. The minimum atomic E-state index is -0.361. The molecule has 4 heteroatoms. The van der Waals surface area contributed by atoms with Crippen LogP contribution in [-0.2, 0) is 9.59 Å². The molecule has 0 aliphatic heterocycles. The van der Waals surface area contributed by atoms with Crippen LogP contribution in [0.5, 0.6) is 0 Å². The van der Waals surface area contributed by atoms with Crippen LogP contribution in [0.25, 0.3) is 0 Å². The largest absolute Gasteiger partial charge is 0.330 e. The molecule has 4 nitrogen and oxygen atoms in total. The molecule has 0 spiro atoms. The second-order valence-electron chi connectivity index (χ2n) is 7.27. The van der Waals surface area contributed by atoms with E-state index in [0.717, 1.165) is 64.3 Å². The molecule has 0 amide bonds. The van der Waals surface area contributed by atoms with Crippen LogP contribution in [0.2, 0.25) is 0 Å². The molecule has 0 heterocycles. The number of hydrogen-bond acceptors (Lipinski definition) is 4. The van der Waals surface area contributed by atoms with Gasteiger partial charge in [0.05, 0.1) is 5.92 Å². The lowest BCUT2D eigenvalue weighted by atomic mass is 9.94. The van der Waals surface area contributed by atoms with E-state index in [-0.39, 0.29) is 11.7 Å². The molecular weight excluding hydrogens is 312 g/mol. The predicted octanol–water partition coefficient (Wildman–Crippen LogP) is 4.53. The molecule has 0 aromatic heterocycles. The standard InChI is InChI=1S/C21H42N2O2/c22-17-13-9-5-2-1-3-8-12-16-21(25)20(19-24)15-11-7-4-6-10-14-18-23/h19-20H,1-18,22-23H2. The van der Waals surface area contributed by atoms with E-state index in [1.165, 1.54) is 51.4 Å². The molecule has 0 aromatic rings. The van der Waals surface area contributed by atoms with Crippen LogP contribution in [0.15, 0.2) is 0 Å². The highest BCUT2D eigenvalue weighted by atomic mass is 16.1. The molecule has 0 aromatic carbocycles. The van der Waals surface area contributed by atoms with Gasteiger partial charge in [-0.15, -0.1) is 0 Å². The second-order valence-corrected chi connectivity index (χ2v) is 7.27. The summed E-state index contributed by atoms with van der Waals surface area (Å²) in [5, 5.41) is 0. The van der Waals surface area contributed by atoms with Gasteiger partial charge in [0, 0.05) is 6.42 Å². The van der Waals surface area contributed by atoms with Crippen molar-refractivity contribution < 1.29 is 9.59 Å². The van der Waals surface area contributed by atoms with E-state index in [1.807, 2.05) is 0 Å². The first kappa shape index (κ1) is 24.3. The molecule has 1 unspecified atom stereocenters. The van der Waals surface area contributed by atoms with Gasteiger partial charge in [0.2, 0.25) is 0 Å². The zero-order chi connectivity index (χ0) is 18.6. The van der Waals surface area contributed by atoms with Crippen LogP contribution in [0, 0.1) is 5.92 Å². The molecule has 0 fully saturated rings. The first-order chi connectivity index (χ1) is 12.3. The molecule has 0 radical (unpaired) electrons. The summed E-state index contributed by atoms with van der Waals surface area (Å²) < 4.78 is 0. The fraction of sp³-hybridized carbons (Fsp3) is 0.905. The van der Waals surface area contributed by atoms with Crippen molar-refractivity contribution in [1.29, 1.82) is 0 Å². The number of hydrogen-bond donors (Lipinski definition) is 2. The Labute approximate surface area is 155 Å². The Balaban J connectivity index is 3.52. The maximum absolute atomic E-state index is 12.1. The third-order valence-electron chi connectivity index (χ3n) is 4.92. The van der Waals surface area contributed by atoms with Crippen molar-refractivity contribution in [3.8, 4) is 0 Å². The van der Waals surface area contributed by atoms with Gasteiger partial charge in [-0.25, -0.2) is 0 Å². The molecule has 1 atom stereocenters. The summed E-state index contributed by atoms with van der Waals surface area (Å²) in [6, 6.07) is 0. The number of nitrogens with two attached hydrogens (primary N) is 2. The van der Waals surface area contributed by atoms with E-state index in [4.69, 9.17) is 11.5 Å². The van der Waals surface area contributed by atoms with Crippen molar-refractivity contribution in [2.75, 3.05) is 13.1 Å². The Bertz CT molecular complexity index is 308. The van der Waals surface area contributed by atoms with Crippen LogP contribution in [0.4, 0.5) is 0 Å². The normalized spacial score (nSPS) is 12.2. The Morgan fingerprint density at radius 3 is 1.48 bits per heavy atom. The van der Waals surface area contributed by atoms with Gasteiger partial charge in [0.25, 0.3) is 0 Å². The van der Waals surface area contributed by atoms with E-state index in [2.05, 4.69) is 0 Å². The molecule has 0 saturated carbocycles. The van der Waals surface area contributed by atoms with Gasteiger partial charge in [-0.1, -0.05) is 70.6 Å². The van der Waals surface area contributed by atoms with E-state index >= 15 is 0 Å². The second kappa shape index (κ2) is 19.6. The average molecular weight is 355 g/mol. The Morgan fingerprint density at radius 2 is 1.04 bits per heavy atom. The number of carbonyl (C=O) groups excluding carboxylic acids is 2. The van der Waals surface area contributed by atoms with Gasteiger partial charge >= 0.3 is 0 Å². The first-order valence-electron chi connectivity index (χ1n) is 10.6. The van der Waals surface area contributed by atoms with Crippen LogP contribution in [-0.4, -0.2) is 25.2 Å². The Kier molecular flexibility index (Phi) is 19.0. The van der Waals surface area contributed by atoms with Crippen molar-refractivity contribution in [2.45, 2.75) is 103 Å². The molecule has 0 aliphatic rings. The van der Waals surface area contributed by atoms with Crippen LogP contribution >= 0.6 is 0 Å². The highest BCUT2D eigenvalue weighted by Gasteiger charge is 2.16. The monoisotopic (exact) mass is 354 g/mol. The number of carbonyl (C=O) groups is 2. The van der Waals surface area contributed by atoms with Gasteiger partial charge in [-0.2, -0.15) is 0 Å². The smallest absolute Gasteiger partial charge is 0.143 e. The van der Waals surface area contributed by atoms with Gasteiger partial charge in [0.15, 0.2) is 0 Å². The summed E-state index contributed by atoms with van der Waals surface area (Å²) in [4.78, 5) is 23.3. The summed E-state index contributed by atoms with van der Waals surface area (Å²) in [6.07, 6.45) is 18.4. The number of ketones is 1. The van der Waals surface area contributed by atoms with Crippen molar-refractivity contribution >= 4 is 12.1 Å². The van der Waals surface area contributed by atoms with Gasteiger partial charge < -0.3 is 16.3 Å². The van der Waals surface area contributed by atoms with Crippen molar-refractivity contribution in [3.63, 3.8) is 0 Å². The molecule has 0 aliphatic carbocycles. The summed E-state index contributed by atoms with van der Waals surface area (Å²) in [5.74, 6) is -0.207. The van der Waals surface area contributed by atoms with Gasteiger partial charge in [0.1, 0.15) is 12.1 Å². The summed E-state index contributed by atoms with van der Waals surface area (Å²) >= 11 is 0. The topological polar surface area (TPSA) is 86.2 Å². The number of rotatable bonds is 20. The maximum Gasteiger partial charge on any atom is 0.143 e. The lowest BCUT2D eigenvalue weighted by molar-refractivity contribution is -0.127. The third-order valence-corrected chi connectivity index (χ3v) is 4.92. The van der Waals surface area contributed by atoms with Crippen LogP contribution in [0.1, 0.15) is 103 Å². The molecule has 0 rings (SSSR count). The van der Waals surface area contributed by atoms with Crippen molar-refractivity contribution in [2.24, 2.45) is 17.4 Å². The molecule has 25 heavy (non-hydrogen) atoms. The molecule has 0 bridgehead atoms. The average Bonchev–Trinajstić information content (AvgIpc) is 2.62. The van der Waals surface area contributed by atoms with Gasteiger partial charge in [-0.05, 0) is 38.8 Å². The molecule has 148 valence electrons. The van der Waals surface area contributed by atoms with Crippen molar-refractivity contribution in [3.05, 3.63) is 0 Å². The minimum Gasteiger partial charge on any atom is -0.330 e. The van der Waals surface area contributed by atoms with Gasteiger partial charge in [-0.3, -0.25) is 4.79 Å². The zero-order valence-electron chi connectivity index (χ0n) is 16.4. The minimum absolute atomic E-state index is 0.154. The molecule has 4 N–H and O–H groups in total. The fourth-order valence-electron chi connectivity index (χ4n) is 3.21. The predicted molar refractivity (Wildman–Crippen MR) is 107 cm³/mol. The highest BCUT2D eigenvalue weighted by molar-refractivity contribution is 5.93. The maximum atomic E-state index is 12.1. The lowest BCUT2D eigenvalue weighted by Crippen LogP contribution is -2.15. The van der Waals surface area contributed by atoms with Crippen LogP contribution < -0.4 is 11.5 Å². The summed E-state index contributed by atoms with van der Waals surface area (Å²) in [7, 11) is 0. The SMILES string of the molecule is NCCCCCCCCCCC(=O)C(C=O)CCCCCCCCN. The third kappa shape index (κ3) is 16.5. The Hall–Kier alpha value is -0.740. The first-order valence-corrected chi connectivity index (χ1v) is 10.6. The quantitative estimate of drug-likeness (QED) is 0.191. The summed E-state index contributed by atoms with van der Waals surface area (Å²) in [5.41, 5.74) is 10.9. The molecular formula is C21H42N2O2. The number of Topliss-reactive ketones (excluding diaryl/α,β-unsaturated/α-hetero) is 1. The zero-order valence-corrected chi connectivity index (χ0v) is 16.4. The van der Waals surface area contributed by atoms with E-state index in [9.17, 15) is 9.59 Å². The van der Waals surface area contributed by atoms with E-state index in [0.29, 0.717) is 6.42 Å². The van der Waals surface area contributed by atoms with E-state index < -0.39 is 0 Å². The van der Waals surface area contributed by atoms with Crippen LogP contribution in [0.3, 0.4) is 0 Å².